The number of nitrogens with zero attached hydrogens (tertiary/aromatic N) is 1. The number of nitrogens with one attached hydrogen (secondary N) is 1. The predicted octanol–water partition coefficient (Wildman–Crippen LogP) is 11.0. The van der Waals surface area contributed by atoms with Crippen molar-refractivity contribution in [2.45, 2.75) is 212 Å². The SMILES string of the molecule is CCCCCCCCCCCCCCCCCCCCCCCCCC(O)C(COP(=O)(O)OCC[N+](C)(C)C)NC(=O)CCCCCC. The van der Waals surface area contributed by atoms with Gasteiger partial charge in [-0.1, -0.05) is 181 Å². The number of rotatable bonds is 38. The highest BCUT2D eigenvalue weighted by Crippen LogP contribution is 2.43. The lowest BCUT2D eigenvalue weighted by molar-refractivity contribution is -0.870. The molecule has 0 heterocycles. The Labute approximate surface area is 304 Å². The van der Waals surface area contributed by atoms with Crippen molar-refractivity contribution in [3.05, 3.63) is 0 Å². The highest BCUT2D eigenvalue weighted by Gasteiger charge is 2.28. The fourth-order valence-corrected chi connectivity index (χ4v) is 6.96. The minimum absolute atomic E-state index is 0.0772. The average molecular weight is 720 g/mol. The van der Waals surface area contributed by atoms with Crippen LogP contribution < -0.4 is 5.32 Å². The quantitative estimate of drug-likeness (QED) is 0.0333. The zero-order chi connectivity index (χ0) is 36.5. The van der Waals surface area contributed by atoms with E-state index in [0.717, 1.165) is 44.9 Å². The number of aliphatic hydroxyl groups excluding tert-OH is 1. The Bertz CT molecular complexity index is 778. The van der Waals surface area contributed by atoms with Gasteiger partial charge in [-0.05, 0) is 12.8 Å². The molecule has 0 saturated heterocycles. The number of quaternary nitrogens is 1. The third kappa shape index (κ3) is 35.7. The summed E-state index contributed by atoms with van der Waals surface area (Å²) in [6.45, 7) is 4.78. The molecule has 3 N–H and O–H groups in total. The van der Waals surface area contributed by atoms with Gasteiger partial charge in [0, 0.05) is 6.42 Å². The first-order valence-electron chi connectivity index (χ1n) is 20.9. The van der Waals surface area contributed by atoms with Crippen molar-refractivity contribution < 1.29 is 32.9 Å². The van der Waals surface area contributed by atoms with Crippen molar-refractivity contribution in [1.82, 2.24) is 5.32 Å². The Kier molecular flexibility index (Phi) is 33.0. The number of carbonyl (C=O) groups excluding carboxylic acids is 1. The van der Waals surface area contributed by atoms with Crippen LogP contribution in [0.2, 0.25) is 0 Å². The molecule has 8 nitrogen and oxygen atoms in total. The summed E-state index contributed by atoms with van der Waals surface area (Å²) in [5, 5.41) is 13.8. The molecule has 3 unspecified atom stereocenters. The normalized spacial score (nSPS) is 14.5. The van der Waals surface area contributed by atoms with Crippen LogP contribution in [0.3, 0.4) is 0 Å². The summed E-state index contributed by atoms with van der Waals surface area (Å²) in [5.41, 5.74) is 0. The Hall–Kier alpha value is -0.500. The van der Waals surface area contributed by atoms with Crippen molar-refractivity contribution in [2.75, 3.05) is 40.9 Å². The van der Waals surface area contributed by atoms with Crippen LogP contribution in [-0.2, 0) is 18.4 Å². The van der Waals surface area contributed by atoms with Gasteiger partial charge in [0.25, 0.3) is 0 Å². The topological polar surface area (TPSA) is 105 Å². The first kappa shape index (κ1) is 48.5. The summed E-state index contributed by atoms with van der Waals surface area (Å²) in [6.07, 6.45) is 34.8. The Balaban J connectivity index is 3.99. The number of amides is 1. The van der Waals surface area contributed by atoms with Gasteiger partial charge in [-0.2, -0.15) is 0 Å². The van der Waals surface area contributed by atoms with Gasteiger partial charge in [-0.3, -0.25) is 13.8 Å². The van der Waals surface area contributed by atoms with Crippen molar-refractivity contribution >= 4 is 13.7 Å². The van der Waals surface area contributed by atoms with Crippen LogP contribution in [0.5, 0.6) is 0 Å². The molecule has 0 saturated carbocycles. The smallest absolute Gasteiger partial charge is 0.391 e. The molecule has 0 aliphatic heterocycles. The molecule has 3 atom stereocenters. The number of aliphatic hydroxyl groups is 1. The Morgan fingerprint density at radius 3 is 1.37 bits per heavy atom. The zero-order valence-corrected chi connectivity index (χ0v) is 34.1. The summed E-state index contributed by atoms with van der Waals surface area (Å²) < 4.78 is 23.4. The molecule has 0 radical (unpaired) electrons. The van der Waals surface area contributed by atoms with Crippen LogP contribution in [0.4, 0.5) is 0 Å². The number of unbranched alkanes of at least 4 members (excludes halogenated alkanes) is 25. The van der Waals surface area contributed by atoms with Crippen molar-refractivity contribution in [3.8, 4) is 0 Å². The molecule has 49 heavy (non-hydrogen) atoms. The monoisotopic (exact) mass is 720 g/mol. The van der Waals surface area contributed by atoms with E-state index in [0.29, 0.717) is 23.9 Å². The lowest BCUT2D eigenvalue weighted by atomic mass is 10.0. The number of phosphoric acid groups is 1. The Morgan fingerprint density at radius 1 is 0.612 bits per heavy atom. The number of carbonyl (C=O) groups is 1. The molecule has 0 spiro atoms. The third-order valence-corrected chi connectivity index (χ3v) is 10.6. The van der Waals surface area contributed by atoms with Crippen LogP contribution in [0.15, 0.2) is 0 Å². The molecular weight excluding hydrogens is 635 g/mol. The summed E-state index contributed by atoms with van der Waals surface area (Å²) in [6, 6.07) is -0.749. The van der Waals surface area contributed by atoms with Crippen LogP contribution in [0.25, 0.3) is 0 Å². The van der Waals surface area contributed by atoms with Gasteiger partial charge in [0.1, 0.15) is 13.2 Å². The molecule has 9 heteroatoms. The van der Waals surface area contributed by atoms with Crippen molar-refractivity contribution in [1.29, 1.82) is 0 Å². The molecular formula is C40H84N2O6P+. The molecule has 0 aromatic rings. The molecule has 0 bridgehead atoms. The number of phosphoric ester groups is 1. The van der Waals surface area contributed by atoms with Crippen molar-refractivity contribution in [3.63, 3.8) is 0 Å². The molecule has 0 aromatic heterocycles. The maximum absolute atomic E-state index is 12.6. The minimum atomic E-state index is -4.29. The lowest BCUT2D eigenvalue weighted by Gasteiger charge is -2.26. The second-order valence-corrected chi connectivity index (χ2v) is 17.2. The fourth-order valence-electron chi connectivity index (χ4n) is 6.22. The van der Waals surface area contributed by atoms with E-state index in [1.165, 1.54) is 128 Å². The van der Waals surface area contributed by atoms with Crippen molar-refractivity contribution in [2.24, 2.45) is 0 Å². The van der Waals surface area contributed by atoms with Crippen LogP contribution in [0.1, 0.15) is 200 Å². The highest BCUT2D eigenvalue weighted by molar-refractivity contribution is 7.47. The predicted molar refractivity (Wildman–Crippen MR) is 208 cm³/mol. The number of likely N-dealkylation sites (N-methyl/N-ethyl adjacent to an activating group) is 1. The number of hydrogen-bond donors (Lipinski definition) is 3. The minimum Gasteiger partial charge on any atom is -0.391 e. The van der Waals surface area contributed by atoms with E-state index in [9.17, 15) is 19.4 Å². The zero-order valence-electron chi connectivity index (χ0n) is 33.2. The van der Waals surface area contributed by atoms with E-state index in [1.54, 1.807) is 0 Å². The molecule has 294 valence electrons. The van der Waals surface area contributed by atoms with E-state index >= 15 is 0 Å². The van der Waals surface area contributed by atoms with Gasteiger partial charge in [0.05, 0.1) is 39.9 Å². The lowest BCUT2D eigenvalue weighted by Crippen LogP contribution is -2.46. The highest BCUT2D eigenvalue weighted by atomic mass is 31.2. The van der Waals surface area contributed by atoms with Gasteiger partial charge < -0.3 is 19.8 Å². The van der Waals surface area contributed by atoms with Crippen LogP contribution >= 0.6 is 7.82 Å². The molecule has 0 aliphatic rings. The van der Waals surface area contributed by atoms with E-state index in [4.69, 9.17) is 9.05 Å². The summed E-state index contributed by atoms with van der Waals surface area (Å²) >= 11 is 0. The van der Waals surface area contributed by atoms with Gasteiger partial charge in [-0.15, -0.1) is 0 Å². The first-order valence-corrected chi connectivity index (χ1v) is 22.4. The maximum atomic E-state index is 12.6. The summed E-state index contributed by atoms with van der Waals surface area (Å²) in [7, 11) is 1.62. The van der Waals surface area contributed by atoms with Crippen LogP contribution in [0, 0.1) is 0 Å². The van der Waals surface area contributed by atoms with Gasteiger partial charge in [-0.25, -0.2) is 4.57 Å². The maximum Gasteiger partial charge on any atom is 0.472 e. The molecule has 0 fully saturated rings. The second-order valence-electron chi connectivity index (χ2n) is 15.7. The first-order chi connectivity index (χ1) is 23.5. The molecule has 0 aliphatic carbocycles. The van der Waals surface area contributed by atoms with Gasteiger partial charge >= 0.3 is 7.82 Å². The third-order valence-electron chi connectivity index (χ3n) is 9.61. The van der Waals surface area contributed by atoms with Gasteiger partial charge in [0.15, 0.2) is 0 Å². The van der Waals surface area contributed by atoms with E-state index in [-0.39, 0.29) is 19.1 Å². The molecule has 1 amide bonds. The fraction of sp³-hybridized carbons (Fsp3) is 0.975. The largest absolute Gasteiger partial charge is 0.472 e. The molecule has 0 aromatic carbocycles. The average Bonchev–Trinajstić information content (AvgIpc) is 3.04. The van der Waals surface area contributed by atoms with E-state index in [1.807, 2.05) is 21.1 Å². The van der Waals surface area contributed by atoms with E-state index in [2.05, 4.69) is 19.2 Å². The number of hydrogen-bond acceptors (Lipinski definition) is 5. The second kappa shape index (κ2) is 33.3. The van der Waals surface area contributed by atoms with E-state index < -0.39 is 20.0 Å². The Morgan fingerprint density at radius 2 is 0.980 bits per heavy atom. The molecule has 0 rings (SSSR count). The van der Waals surface area contributed by atoms with Gasteiger partial charge in [0.2, 0.25) is 5.91 Å². The van der Waals surface area contributed by atoms with Crippen LogP contribution in [-0.4, -0.2) is 73.4 Å². The summed E-state index contributed by atoms with van der Waals surface area (Å²) in [5.74, 6) is -0.160. The summed E-state index contributed by atoms with van der Waals surface area (Å²) in [4.78, 5) is 22.7. The standard InChI is InChI=1S/C40H83N2O6P/c1-6-8-10-12-13-14-15-16-17-18-19-20-21-22-23-24-25-26-27-28-29-30-31-33-39(43)38(41-40(44)34-32-11-9-7-2)37-48-49(45,46)47-36-35-42(3,4)5/h38-39,43H,6-37H2,1-5H3,(H-,41,44,45,46)/p+1.